The fourth-order valence-electron chi connectivity index (χ4n) is 1.64. The number of nitrogens with one attached hydrogen (secondary N) is 1. The molecule has 0 radical (unpaired) electrons. The number of aromatic nitrogens is 1. The number of nitrogens with zero attached hydrogens (tertiary/aromatic N) is 1. The third kappa shape index (κ3) is 2.85. The van der Waals surface area contributed by atoms with Gasteiger partial charge in [0.1, 0.15) is 0 Å². The lowest BCUT2D eigenvalue weighted by atomic mass is 10.2. The minimum absolute atomic E-state index is 0.267. The van der Waals surface area contributed by atoms with Crippen LogP contribution in [0.4, 0.5) is 5.82 Å². The number of rotatable bonds is 6. The summed E-state index contributed by atoms with van der Waals surface area (Å²) in [7, 11) is 0. The summed E-state index contributed by atoms with van der Waals surface area (Å²) in [4.78, 5) is 4.20. The Morgan fingerprint density at radius 2 is 2.44 bits per heavy atom. The molecule has 1 atom stereocenters. The number of aliphatic hydroxyl groups excluding tert-OH is 1. The normalized spacial score (nSPS) is 16.9. The Morgan fingerprint density at radius 3 is 3.12 bits per heavy atom. The lowest BCUT2D eigenvalue weighted by Crippen LogP contribution is -2.22. The molecule has 1 unspecified atom stereocenters. The maximum absolute atomic E-state index is 9.74. The van der Waals surface area contributed by atoms with E-state index < -0.39 is 0 Å². The second-order valence-corrected chi connectivity index (χ2v) is 4.07. The summed E-state index contributed by atoms with van der Waals surface area (Å²) in [6.45, 7) is 3.10. The lowest BCUT2D eigenvalue weighted by Gasteiger charge is -2.13. The average Bonchev–Trinajstić information content (AvgIpc) is 3.12. The van der Waals surface area contributed by atoms with Crippen molar-refractivity contribution >= 4 is 5.82 Å². The van der Waals surface area contributed by atoms with Crippen molar-refractivity contribution in [3.63, 3.8) is 0 Å². The van der Waals surface area contributed by atoms with Crippen LogP contribution in [0.25, 0.3) is 0 Å². The fourth-order valence-corrected chi connectivity index (χ4v) is 1.64. The first-order chi connectivity index (χ1) is 7.81. The van der Waals surface area contributed by atoms with Crippen LogP contribution < -0.4 is 10.1 Å². The van der Waals surface area contributed by atoms with Gasteiger partial charge in [-0.2, -0.15) is 0 Å². The highest BCUT2D eigenvalue weighted by Gasteiger charge is 2.29. The summed E-state index contributed by atoms with van der Waals surface area (Å²) in [6, 6.07) is 3.72. The third-order valence-electron chi connectivity index (χ3n) is 2.72. The molecule has 0 amide bonds. The molecule has 88 valence electrons. The standard InChI is InChI=1S/C12H18N2O2/c1-2-16-11-4-3-7-13-12(11)14-8-10(15)9-5-6-9/h3-4,7,9-10,15H,2,5-6,8H2,1H3,(H,13,14). The molecule has 16 heavy (non-hydrogen) atoms. The molecular weight excluding hydrogens is 204 g/mol. The molecule has 0 aromatic carbocycles. The van der Waals surface area contributed by atoms with Crippen molar-refractivity contribution in [1.82, 2.24) is 4.98 Å². The molecule has 0 spiro atoms. The molecule has 1 heterocycles. The number of hydrogen-bond acceptors (Lipinski definition) is 4. The summed E-state index contributed by atoms with van der Waals surface area (Å²) in [5.41, 5.74) is 0. The van der Waals surface area contributed by atoms with Gasteiger partial charge < -0.3 is 15.2 Å². The second kappa shape index (κ2) is 5.16. The summed E-state index contributed by atoms with van der Waals surface area (Å²) >= 11 is 0. The minimum atomic E-state index is -0.267. The zero-order valence-corrected chi connectivity index (χ0v) is 9.52. The van der Waals surface area contributed by atoms with Crippen molar-refractivity contribution in [1.29, 1.82) is 0 Å². The van der Waals surface area contributed by atoms with E-state index in [1.807, 2.05) is 19.1 Å². The molecule has 1 saturated carbocycles. The molecule has 1 aromatic heterocycles. The van der Waals surface area contributed by atoms with E-state index in [9.17, 15) is 5.11 Å². The second-order valence-electron chi connectivity index (χ2n) is 4.07. The maximum Gasteiger partial charge on any atom is 0.168 e. The van der Waals surface area contributed by atoms with Gasteiger partial charge in [-0.3, -0.25) is 0 Å². The van der Waals surface area contributed by atoms with Crippen molar-refractivity contribution in [3.05, 3.63) is 18.3 Å². The molecule has 2 rings (SSSR count). The Labute approximate surface area is 95.7 Å². The molecule has 0 bridgehead atoms. The Kier molecular flexibility index (Phi) is 3.62. The van der Waals surface area contributed by atoms with Crippen LogP contribution in [0.15, 0.2) is 18.3 Å². The zero-order chi connectivity index (χ0) is 11.4. The van der Waals surface area contributed by atoms with Crippen LogP contribution in [-0.4, -0.2) is 29.3 Å². The molecule has 4 nitrogen and oxygen atoms in total. The zero-order valence-electron chi connectivity index (χ0n) is 9.52. The van der Waals surface area contributed by atoms with Crippen molar-refractivity contribution in [2.45, 2.75) is 25.9 Å². The van der Waals surface area contributed by atoms with E-state index in [0.717, 1.165) is 18.6 Å². The van der Waals surface area contributed by atoms with E-state index in [-0.39, 0.29) is 6.10 Å². The van der Waals surface area contributed by atoms with E-state index in [4.69, 9.17) is 4.74 Å². The Bertz CT molecular complexity index is 340. The van der Waals surface area contributed by atoms with Gasteiger partial charge in [0.05, 0.1) is 12.7 Å². The molecule has 0 saturated heterocycles. The van der Waals surface area contributed by atoms with Gasteiger partial charge in [-0.15, -0.1) is 0 Å². The molecule has 0 aliphatic heterocycles. The predicted octanol–water partition coefficient (Wildman–Crippen LogP) is 1.66. The van der Waals surface area contributed by atoms with Gasteiger partial charge >= 0.3 is 0 Å². The van der Waals surface area contributed by atoms with Crippen LogP contribution >= 0.6 is 0 Å². The van der Waals surface area contributed by atoms with Gasteiger partial charge in [0.25, 0.3) is 0 Å². The number of pyridine rings is 1. The summed E-state index contributed by atoms with van der Waals surface area (Å²) in [5, 5.41) is 12.9. The van der Waals surface area contributed by atoms with Crippen LogP contribution in [0.2, 0.25) is 0 Å². The van der Waals surface area contributed by atoms with E-state index >= 15 is 0 Å². The average molecular weight is 222 g/mol. The maximum atomic E-state index is 9.74. The first-order valence-electron chi connectivity index (χ1n) is 5.81. The Morgan fingerprint density at radius 1 is 1.62 bits per heavy atom. The molecule has 1 fully saturated rings. The van der Waals surface area contributed by atoms with Gasteiger partial charge in [0.15, 0.2) is 11.6 Å². The largest absolute Gasteiger partial charge is 0.490 e. The summed E-state index contributed by atoms with van der Waals surface area (Å²) in [5.74, 6) is 1.93. The van der Waals surface area contributed by atoms with Gasteiger partial charge in [-0.1, -0.05) is 0 Å². The van der Waals surface area contributed by atoms with E-state index in [1.54, 1.807) is 6.20 Å². The van der Waals surface area contributed by atoms with E-state index in [1.165, 1.54) is 0 Å². The molecule has 1 aliphatic carbocycles. The van der Waals surface area contributed by atoms with Crippen LogP contribution in [0.1, 0.15) is 19.8 Å². The van der Waals surface area contributed by atoms with Gasteiger partial charge in [-0.25, -0.2) is 4.98 Å². The van der Waals surface area contributed by atoms with E-state index in [2.05, 4.69) is 10.3 Å². The molecule has 1 aromatic rings. The highest BCUT2D eigenvalue weighted by Crippen LogP contribution is 2.32. The molecule has 1 aliphatic rings. The number of anilines is 1. The number of aliphatic hydroxyl groups is 1. The highest BCUT2D eigenvalue weighted by atomic mass is 16.5. The highest BCUT2D eigenvalue weighted by molar-refractivity contribution is 5.49. The minimum Gasteiger partial charge on any atom is -0.490 e. The summed E-state index contributed by atoms with van der Waals surface area (Å²) in [6.07, 6.45) is 3.73. The van der Waals surface area contributed by atoms with Crippen LogP contribution in [0, 0.1) is 5.92 Å². The topological polar surface area (TPSA) is 54.4 Å². The van der Waals surface area contributed by atoms with E-state index in [0.29, 0.717) is 24.9 Å². The van der Waals surface area contributed by atoms with Crippen molar-refractivity contribution in [2.24, 2.45) is 5.92 Å². The van der Waals surface area contributed by atoms with Crippen LogP contribution in [0.5, 0.6) is 5.75 Å². The fraction of sp³-hybridized carbons (Fsp3) is 0.583. The van der Waals surface area contributed by atoms with Crippen LogP contribution in [-0.2, 0) is 0 Å². The quantitative estimate of drug-likeness (QED) is 0.768. The van der Waals surface area contributed by atoms with Crippen molar-refractivity contribution in [3.8, 4) is 5.75 Å². The van der Waals surface area contributed by atoms with Crippen molar-refractivity contribution < 1.29 is 9.84 Å². The molecule has 4 heteroatoms. The van der Waals surface area contributed by atoms with Gasteiger partial charge in [-0.05, 0) is 37.8 Å². The Hall–Kier alpha value is -1.29. The van der Waals surface area contributed by atoms with Gasteiger partial charge in [0.2, 0.25) is 0 Å². The first kappa shape index (κ1) is 11.2. The molecule has 2 N–H and O–H groups in total. The summed E-state index contributed by atoms with van der Waals surface area (Å²) < 4.78 is 5.44. The van der Waals surface area contributed by atoms with Gasteiger partial charge in [0, 0.05) is 12.7 Å². The molecular formula is C12H18N2O2. The monoisotopic (exact) mass is 222 g/mol. The predicted molar refractivity (Wildman–Crippen MR) is 62.6 cm³/mol. The first-order valence-corrected chi connectivity index (χ1v) is 5.81. The number of hydrogen-bond donors (Lipinski definition) is 2. The SMILES string of the molecule is CCOc1cccnc1NCC(O)C1CC1. The smallest absolute Gasteiger partial charge is 0.168 e. The third-order valence-corrected chi connectivity index (χ3v) is 2.72. The van der Waals surface area contributed by atoms with Crippen LogP contribution in [0.3, 0.4) is 0 Å². The van der Waals surface area contributed by atoms with Crippen molar-refractivity contribution in [2.75, 3.05) is 18.5 Å². The Balaban J connectivity index is 1.91. The lowest BCUT2D eigenvalue weighted by molar-refractivity contribution is 0.164. The number of ether oxygens (including phenoxy) is 1.